The smallest absolute Gasteiger partial charge is 0.120 e. The molecule has 0 saturated heterocycles. The van der Waals surface area contributed by atoms with E-state index in [2.05, 4.69) is 31.7 Å². The minimum absolute atomic E-state index is 0.602. The average molecular weight is 353 g/mol. The quantitative estimate of drug-likeness (QED) is 0.542. The lowest BCUT2D eigenvalue weighted by molar-refractivity contribution is 0.0708. The number of hydrogen-bond acceptors (Lipinski definition) is 1. The molecule has 0 heterocycles. The Labute approximate surface area is 160 Å². The number of ether oxygens (including phenoxy) is 1. The lowest BCUT2D eigenvalue weighted by Crippen LogP contribution is -2.35. The second-order valence-corrected chi connectivity index (χ2v) is 9.21. The van der Waals surface area contributed by atoms with Gasteiger partial charge in [0.1, 0.15) is 12.4 Å². The predicted molar refractivity (Wildman–Crippen MR) is 110 cm³/mol. The zero-order valence-corrected chi connectivity index (χ0v) is 16.6. The topological polar surface area (TPSA) is 9.23 Å². The van der Waals surface area contributed by atoms with Crippen LogP contribution in [0.15, 0.2) is 30.9 Å². The summed E-state index contributed by atoms with van der Waals surface area (Å²) >= 11 is 0. The highest BCUT2D eigenvalue weighted by Crippen LogP contribution is 2.48. The molecule has 0 N–H and O–H groups in total. The van der Waals surface area contributed by atoms with E-state index in [1.807, 2.05) is 6.08 Å². The second kappa shape index (κ2) is 8.19. The van der Waals surface area contributed by atoms with E-state index in [1.54, 1.807) is 5.56 Å². The molecule has 1 heteroatoms. The molecule has 1 nitrogen and oxygen atoms in total. The molecule has 1 aromatic carbocycles. The number of fused-ring (bicyclic) bond motifs is 2. The highest BCUT2D eigenvalue weighted by molar-refractivity contribution is 5.37. The third-order valence-corrected chi connectivity index (χ3v) is 7.82. The average Bonchev–Trinajstić information content (AvgIpc) is 2.70. The zero-order valence-electron chi connectivity index (χ0n) is 16.6. The molecule has 3 aliphatic carbocycles. The molecule has 4 rings (SSSR count). The van der Waals surface area contributed by atoms with Crippen molar-refractivity contribution in [3.63, 3.8) is 0 Å². The van der Waals surface area contributed by atoms with Crippen molar-refractivity contribution in [3.8, 4) is 5.75 Å². The molecule has 1 aromatic rings. The molecule has 2 fully saturated rings. The zero-order chi connectivity index (χ0) is 17.9. The molecule has 0 aliphatic heterocycles. The maximum absolute atomic E-state index is 5.72. The van der Waals surface area contributed by atoms with Gasteiger partial charge in [0.2, 0.25) is 0 Å². The second-order valence-electron chi connectivity index (χ2n) is 9.21. The van der Waals surface area contributed by atoms with Crippen LogP contribution in [0, 0.1) is 29.6 Å². The Kier molecular flexibility index (Phi) is 5.72. The van der Waals surface area contributed by atoms with E-state index >= 15 is 0 Å². The van der Waals surface area contributed by atoms with Crippen molar-refractivity contribution < 1.29 is 4.74 Å². The third-order valence-electron chi connectivity index (χ3n) is 7.82. The number of rotatable bonds is 5. The van der Waals surface area contributed by atoms with Gasteiger partial charge in [0.15, 0.2) is 0 Å². The Morgan fingerprint density at radius 1 is 0.962 bits per heavy atom. The fraction of sp³-hybridized carbons (Fsp3) is 0.680. The van der Waals surface area contributed by atoms with Crippen molar-refractivity contribution in [3.05, 3.63) is 42.0 Å². The first-order valence-corrected chi connectivity index (χ1v) is 11.1. The molecule has 3 aliphatic rings. The minimum Gasteiger partial charge on any atom is -0.490 e. The van der Waals surface area contributed by atoms with Gasteiger partial charge in [-0.2, -0.15) is 0 Å². The first kappa shape index (κ1) is 18.1. The van der Waals surface area contributed by atoms with Gasteiger partial charge in [-0.1, -0.05) is 38.5 Å². The van der Waals surface area contributed by atoms with Crippen LogP contribution in [-0.2, 0) is 12.8 Å². The SMILES string of the molecule is C=CCOc1ccc2c(c1)CCC(C1CCC3CC(CC)CCC3C1)C2. The Bertz CT molecular complexity index is 619. The molecule has 26 heavy (non-hydrogen) atoms. The molecule has 142 valence electrons. The van der Waals surface area contributed by atoms with Crippen molar-refractivity contribution in [2.45, 2.75) is 71.1 Å². The van der Waals surface area contributed by atoms with E-state index in [-0.39, 0.29) is 0 Å². The van der Waals surface area contributed by atoms with Gasteiger partial charge >= 0.3 is 0 Å². The van der Waals surface area contributed by atoms with Gasteiger partial charge in [-0.3, -0.25) is 0 Å². The van der Waals surface area contributed by atoms with E-state index in [4.69, 9.17) is 4.74 Å². The lowest BCUT2D eigenvalue weighted by atomic mass is 9.61. The molecule has 0 aromatic heterocycles. The Hall–Kier alpha value is -1.24. The van der Waals surface area contributed by atoms with Crippen LogP contribution in [0.1, 0.15) is 69.4 Å². The van der Waals surface area contributed by atoms with Crippen molar-refractivity contribution >= 4 is 0 Å². The van der Waals surface area contributed by atoms with E-state index in [0.29, 0.717) is 6.61 Å². The highest BCUT2D eigenvalue weighted by Gasteiger charge is 2.38. The normalized spacial score (nSPS) is 33.8. The lowest BCUT2D eigenvalue weighted by Gasteiger charge is -2.45. The molecular weight excluding hydrogens is 316 g/mol. The van der Waals surface area contributed by atoms with Crippen LogP contribution in [0.2, 0.25) is 0 Å². The monoisotopic (exact) mass is 352 g/mol. The van der Waals surface area contributed by atoms with E-state index in [1.165, 1.54) is 69.8 Å². The van der Waals surface area contributed by atoms with Gasteiger partial charge in [-0.05, 0) is 104 Å². The van der Waals surface area contributed by atoms with Gasteiger partial charge in [0.25, 0.3) is 0 Å². The standard InChI is InChI=1S/C25H36O/c1-3-13-26-25-12-11-23-16-22(9-10-24(23)17-25)21-8-7-19-14-18(4-2)5-6-20(19)15-21/h3,11-12,17-22H,1,4-10,13-16H2,2H3. The molecule has 0 spiro atoms. The van der Waals surface area contributed by atoms with Gasteiger partial charge in [-0.15, -0.1) is 0 Å². The Balaban J connectivity index is 1.36. The maximum Gasteiger partial charge on any atom is 0.120 e. The van der Waals surface area contributed by atoms with Crippen LogP contribution >= 0.6 is 0 Å². The predicted octanol–water partition coefficient (Wildman–Crippen LogP) is 6.60. The van der Waals surface area contributed by atoms with Crippen LogP contribution in [-0.4, -0.2) is 6.61 Å². The molecule has 0 bridgehead atoms. The summed E-state index contributed by atoms with van der Waals surface area (Å²) in [6, 6.07) is 6.77. The van der Waals surface area contributed by atoms with Crippen molar-refractivity contribution in [1.29, 1.82) is 0 Å². The summed E-state index contributed by atoms with van der Waals surface area (Å²) in [7, 11) is 0. The molecule has 2 saturated carbocycles. The fourth-order valence-corrected chi connectivity index (χ4v) is 6.23. The van der Waals surface area contributed by atoms with E-state index in [0.717, 1.165) is 35.3 Å². The number of hydrogen-bond donors (Lipinski definition) is 0. The highest BCUT2D eigenvalue weighted by atomic mass is 16.5. The Morgan fingerprint density at radius 2 is 1.73 bits per heavy atom. The van der Waals surface area contributed by atoms with Crippen LogP contribution in [0.25, 0.3) is 0 Å². The van der Waals surface area contributed by atoms with Gasteiger partial charge in [0.05, 0.1) is 0 Å². The molecular formula is C25H36O. The molecule has 5 unspecified atom stereocenters. The van der Waals surface area contributed by atoms with Crippen LogP contribution < -0.4 is 4.74 Å². The number of aryl methyl sites for hydroxylation is 1. The maximum atomic E-state index is 5.72. The largest absolute Gasteiger partial charge is 0.490 e. The summed E-state index contributed by atoms with van der Waals surface area (Å²) in [6.07, 6.45) is 16.3. The van der Waals surface area contributed by atoms with E-state index in [9.17, 15) is 0 Å². The minimum atomic E-state index is 0.602. The Morgan fingerprint density at radius 3 is 2.54 bits per heavy atom. The van der Waals surface area contributed by atoms with Crippen molar-refractivity contribution in [2.75, 3.05) is 6.61 Å². The summed E-state index contributed by atoms with van der Waals surface area (Å²) in [4.78, 5) is 0. The van der Waals surface area contributed by atoms with Crippen LogP contribution in [0.5, 0.6) is 5.75 Å². The summed E-state index contributed by atoms with van der Waals surface area (Å²) in [5.41, 5.74) is 3.11. The first-order valence-electron chi connectivity index (χ1n) is 11.1. The number of benzene rings is 1. The molecule has 5 atom stereocenters. The first-order chi connectivity index (χ1) is 12.8. The molecule has 0 radical (unpaired) electrons. The summed E-state index contributed by atoms with van der Waals surface area (Å²) in [5.74, 6) is 6.06. The van der Waals surface area contributed by atoms with E-state index < -0.39 is 0 Å². The van der Waals surface area contributed by atoms with Crippen molar-refractivity contribution in [2.24, 2.45) is 29.6 Å². The fourth-order valence-electron chi connectivity index (χ4n) is 6.23. The van der Waals surface area contributed by atoms with Crippen LogP contribution in [0.3, 0.4) is 0 Å². The van der Waals surface area contributed by atoms with Gasteiger partial charge in [-0.25, -0.2) is 0 Å². The summed E-state index contributed by atoms with van der Waals surface area (Å²) in [5, 5.41) is 0. The summed E-state index contributed by atoms with van der Waals surface area (Å²) < 4.78 is 5.72. The third kappa shape index (κ3) is 3.87. The van der Waals surface area contributed by atoms with Gasteiger partial charge < -0.3 is 4.74 Å². The molecule has 0 amide bonds. The van der Waals surface area contributed by atoms with Crippen molar-refractivity contribution in [1.82, 2.24) is 0 Å². The van der Waals surface area contributed by atoms with Crippen LogP contribution in [0.4, 0.5) is 0 Å². The van der Waals surface area contributed by atoms with Gasteiger partial charge in [0, 0.05) is 0 Å². The summed E-state index contributed by atoms with van der Waals surface area (Å²) in [6.45, 7) is 6.73.